The average Bonchev–Trinajstić information content (AvgIpc) is 2.28. The van der Waals surface area contributed by atoms with E-state index < -0.39 is 0 Å². The summed E-state index contributed by atoms with van der Waals surface area (Å²) in [6.45, 7) is 0. The number of halogens is 1. The van der Waals surface area contributed by atoms with Crippen molar-refractivity contribution in [3.8, 4) is 0 Å². The van der Waals surface area contributed by atoms with E-state index in [1.807, 2.05) is 6.07 Å². The van der Waals surface area contributed by atoms with Crippen LogP contribution < -0.4 is 5.73 Å². The average molecular weight is 235 g/mol. The van der Waals surface area contributed by atoms with E-state index in [0.717, 1.165) is 10.5 Å². The van der Waals surface area contributed by atoms with Crippen molar-refractivity contribution in [2.45, 2.75) is 10.6 Å². The van der Waals surface area contributed by atoms with Crippen LogP contribution in [0.2, 0.25) is 0 Å². The summed E-state index contributed by atoms with van der Waals surface area (Å²) in [5.74, 6) is 0.849. The van der Waals surface area contributed by atoms with Crippen molar-refractivity contribution in [3.63, 3.8) is 0 Å². The minimum Gasteiger partial charge on any atom is -0.384 e. The van der Waals surface area contributed by atoms with Crippen LogP contribution in [-0.4, -0.2) is 9.97 Å². The van der Waals surface area contributed by atoms with Crippen LogP contribution in [0, 0.1) is 5.82 Å². The van der Waals surface area contributed by atoms with Gasteiger partial charge in [-0.2, -0.15) is 0 Å². The van der Waals surface area contributed by atoms with Gasteiger partial charge in [-0.25, -0.2) is 9.37 Å². The standard InChI is InChI=1S/C11H10FN3S/c12-9-3-8(4-14-5-9)7-16-10-1-2-11(13)15-6-10/h1-6H,7H2,(H2,13,15). The molecule has 2 rings (SSSR count). The largest absolute Gasteiger partial charge is 0.384 e. The molecule has 0 bridgehead atoms. The smallest absolute Gasteiger partial charge is 0.141 e. The van der Waals surface area contributed by atoms with Crippen LogP contribution in [-0.2, 0) is 5.75 Å². The van der Waals surface area contributed by atoms with E-state index in [9.17, 15) is 4.39 Å². The van der Waals surface area contributed by atoms with Crippen molar-refractivity contribution >= 4 is 17.6 Å². The first-order chi connectivity index (χ1) is 7.74. The van der Waals surface area contributed by atoms with Gasteiger partial charge in [-0.3, -0.25) is 4.98 Å². The number of pyridine rings is 2. The molecule has 0 aromatic carbocycles. The Hall–Kier alpha value is -1.62. The molecule has 2 aromatic rings. The van der Waals surface area contributed by atoms with Gasteiger partial charge in [0.05, 0.1) is 6.20 Å². The number of hydrogen-bond acceptors (Lipinski definition) is 4. The zero-order valence-corrected chi connectivity index (χ0v) is 9.25. The Labute approximate surface area is 96.9 Å². The lowest BCUT2D eigenvalue weighted by Crippen LogP contribution is -1.89. The predicted molar refractivity (Wildman–Crippen MR) is 62.4 cm³/mol. The zero-order valence-electron chi connectivity index (χ0n) is 8.43. The van der Waals surface area contributed by atoms with E-state index in [1.165, 1.54) is 12.3 Å². The second-order valence-corrected chi connectivity index (χ2v) is 4.27. The summed E-state index contributed by atoms with van der Waals surface area (Å²) < 4.78 is 12.8. The molecule has 16 heavy (non-hydrogen) atoms. The van der Waals surface area contributed by atoms with Crippen molar-refractivity contribution in [2.75, 3.05) is 5.73 Å². The lowest BCUT2D eigenvalue weighted by molar-refractivity contribution is 0.619. The molecule has 0 amide bonds. The molecule has 3 nitrogen and oxygen atoms in total. The van der Waals surface area contributed by atoms with Crippen LogP contribution in [0.4, 0.5) is 10.2 Å². The lowest BCUT2D eigenvalue weighted by Gasteiger charge is -2.01. The van der Waals surface area contributed by atoms with Gasteiger partial charge in [0, 0.05) is 23.0 Å². The van der Waals surface area contributed by atoms with E-state index in [4.69, 9.17) is 5.73 Å². The van der Waals surface area contributed by atoms with Gasteiger partial charge in [0.2, 0.25) is 0 Å². The maximum atomic E-state index is 12.8. The first-order valence-electron chi connectivity index (χ1n) is 4.68. The number of rotatable bonds is 3. The molecule has 2 N–H and O–H groups in total. The topological polar surface area (TPSA) is 51.8 Å². The van der Waals surface area contributed by atoms with Crippen molar-refractivity contribution in [3.05, 3.63) is 48.2 Å². The first kappa shape index (κ1) is 10.9. The third-order valence-corrected chi connectivity index (χ3v) is 2.98. The maximum Gasteiger partial charge on any atom is 0.141 e. The molecule has 2 heterocycles. The summed E-state index contributed by atoms with van der Waals surface area (Å²) in [6.07, 6.45) is 4.55. The number of anilines is 1. The molecule has 0 radical (unpaired) electrons. The summed E-state index contributed by atoms with van der Waals surface area (Å²) in [4.78, 5) is 8.76. The second kappa shape index (κ2) is 4.94. The number of nitrogens with two attached hydrogens (primary N) is 1. The molecule has 82 valence electrons. The van der Waals surface area contributed by atoms with E-state index >= 15 is 0 Å². The van der Waals surface area contributed by atoms with Crippen LogP contribution >= 0.6 is 11.8 Å². The highest BCUT2D eigenvalue weighted by molar-refractivity contribution is 7.98. The van der Waals surface area contributed by atoms with E-state index in [1.54, 1.807) is 30.2 Å². The molecule has 0 aliphatic heterocycles. The Morgan fingerprint density at radius 3 is 2.81 bits per heavy atom. The zero-order chi connectivity index (χ0) is 11.4. The number of nitrogen functional groups attached to an aromatic ring is 1. The van der Waals surface area contributed by atoms with Gasteiger partial charge < -0.3 is 5.73 Å². The Kier molecular flexibility index (Phi) is 3.36. The summed E-state index contributed by atoms with van der Waals surface area (Å²) in [6, 6.07) is 5.11. The Bertz CT molecular complexity index is 473. The first-order valence-corrected chi connectivity index (χ1v) is 5.66. The van der Waals surface area contributed by atoms with Crippen LogP contribution in [0.25, 0.3) is 0 Å². The molecule has 0 aliphatic rings. The summed E-state index contributed by atoms with van der Waals surface area (Å²) >= 11 is 1.57. The van der Waals surface area contributed by atoms with Crippen LogP contribution in [0.3, 0.4) is 0 Å². The molecule has 0 fully saturated rings. The number of hydrogen-bond donors (Lipinski definition) is 1. The maximum absolute atomic E-state index is 12.8. The molecular formula is C11H10FN3S. The molecule has 2 aromatic heterocycles. The van der Waals surface area contributed by atoms with Crippen molar-refractivity contribution in [1.82, 2.24) is 9.97 Å². The van der Waals surface area contributed by atoms with E-state index in [0.29, 0.717) is 11.6 Å². The fourth-order valence-electron chi connectivity index (χ4n) is 1.18. The lowest BCUT2D eigenvalue weighted by atomic mass is 10.3. The Balaban J connectivity index is 1.99. The fraction of sp³-hybridized carbons (Fsp3) is 0.0909. The fourth-order valence-corrected chi connectivity index (χ4v) is 1.96. The molecule has 0 spiro atoms. The summed E-state index contributed by atoms with van der Waals surface area (Å²) in [5, 5.41) is 0. The Morgan fingerprint density at radius 1 is 1.25 bits per heavy atom. The summed E-state index contributed by atoms with van der Waals surface area (Å²) in [5.41, 5.74) is 6.32. The van der Waals surface area contributed by atoms with Gasteiger partial charge in [0.25, 0.3) is 0 Å². The van der Waals surface area contributed by atoms with Gasteiger partial charge in [0.1, 0.15) is 11.6 Å². The monoisotopic (exact) mass is 235 g/mol. The number of nitrogens with zero attached hydrogens (tertiary/aromatic N) is 2. The normalized spacial score (nSPS) is 10.3. The number of aromatic nitrogens is 2. The molecular weight excluding hydrogens is 225 g/mol. The van der Waals surface area contributed by atoms with Crippen LogP contribution in [0.15, 0.2) is 41.7 Å². The second-order valence-electron chi connectivity index (χ2n) is 3.22. The van der Waals surface area contributed by atoms with Gasteiger partial charge in [-0.05, 0) is 23.8 Å². The quantitative estimate of drug-likeness (QED) is 0.830. The van der Waals surface area contributed by atoms with E-state index in [2.05, 4.69) is 9.97 Å². The molecule has 5 heteroatoms. The highest BCUT2D eigenvalue weighted by Gasteiger charge is 1.99. The summed E-state index contributed by atoms with van der Waals surface area (Å²) in [7, 11) is 0. The Morgan fingerprint density at radius 2 is 2.12 bits per heavy atom. The molecule has 0 saturated carbocycles. The minimum absolute atomic E-state index is 0.312. The van der Waals surface area contributed by atoms with Gasteiger partial charge in [-0.15, -0.1) is 11.8 Å². The molecule has 0 unspecified atom stereocenters. The predicted octanol–water partition coefficient (Wildman–Crippen LogP) is 2.49. The SMILES string of the molecule is Nc1ccc(SCc2cncc(F)c2)cn1. The number of thioether (sulfide) groups is 1. The molecule has 0 saturated heterocycles. The highest BCUT2D eigenvalue weighted by atomic mass is 32.2. The van der Waals surface area contributed by atoms with Crippen LogP contribution in [0.5, 0.6) is 0 Å². The third kappa shape index (κ3) is 2.93. The van der Waals surface area contributed by atoms with E-state index in [-0.39, 0.29) is 5.82 Å². The van der Waals surface area contributed by atoms with Gasteiger partial charge in [-0.1, -0.05) is 0 Å². The van der Waals surface area contributed by atoms with Crippen molar-refractivity contribution in [1.29, 1.82) is 0 Å². The minimum atomic E-state index is -0.312. The van der Waals surface area contributed by atoms with Crippen molar-refractivity contribution < 1.29 is 4.39 Å². The van der Waals surface area contributed by atoms with Crippen LogP contribution in [0.1, 0.15) is 5.56 Å². The van der Waals surface area contributed by atoms with Crippen molar-refractivity contribution in [2.24, 2.45) is 0 Å². The van der Waals surface area contributed by atoms with Gasteiger partial charge >= 0.3 is 0 Å². The third-order valence-electron chi connectivity index (χ3n) is 1.93. The molecule has 0 aliphatic carbocycles. The molecule has 0 atom stereocenters. The highest BCUT2D eigenvalue weighted by Crippen LogP contribution is 2.22. The van der Waals surface area contributed by atoms with Gasteiger partial charge in [0.15, 0.2) is 0 Å².